The molecule has 2 aliphatic rings. The first kappa shape index (κ1) is 24.1. The zero-order valence-corrected chi connectivity index (χ0v) is 21.3. The first-order valence-corrected chi connectivity index (χ1v) is 13.3. The Morgan fingerprint density at radius 1 is 1.03 bits per heavy atom. The van der Waals surface area contributed by atoms with Crippen molar-refractivity contribution in [2.24, 2.45) is 11.8 Å². The smallest absolute Gasteiger partial charge is 0.0426 e. The van der Waals surface area contributed by atoms with Gasteiger partial charge in [-0.15, -0.1) is 0 Å². The first-order chi connectivity index (χ1) is 16.0. The van der Waals surface area contributed by atoms with E-state index in [1.165, 1.54) is 73.9 Å². The van der Waals surface area contributed by atoms with Gasteiger partial charge in [-0.2, -0.15) is 0 Å². The van der Waals surface area contributed by atoms with Crippen molar-refractivity contribution in [3.8, 4) is 0 Å². The van der Waals surface area contributed by atoms with Gasteiger partial charge in [-0.25, -0.2) is 0 Å². The van der Waals surface area contributed by atoms with Crippen LogP contribution in [0.2, 0.25) is 0 Å². The molecule has 1 saturated heterocycles. The van der Waals surface area contributed by atoms with Crippen molar-refractivity contribution in [2.75, 3.05) is 19.6 Å². The molecule has 2 heteroatoms. The van der Waals surface area contributed by atoms with Crippen LogP contribution in [0.4, 0.5) is 0 Å². The van der Waals surface area contributed by atoms with E-state index in [0.717, 1.165) is 26.2 Å². The lowest BCUT2D eigenvalue weighted by Gasteiger charge is -2.39. The zero-order valence-electron chi connectivity index (χ0n) is 21.3. The third-order valence-corrected chi connectivity index (χ3v) is 7.59. The molecule has 2 nitrogen and oxygen atoms in total. The fourth-order valence-corrected chi connectivity index (χ4v) is 5.95. The van der Waals surface area contributed by atoms with Gasteiger partial charge in [-0.1, -0.05) is 69.3 Å². The number of piperidine rings is 1. The van der Waals surface area contributed by atoms with E-state index in [1.807, 2.05) is 0 Å². The highest BCUT2D eigenvalue weighted by Crippen LogP contribution is 2.30. The first-order valence-electron chi connectivity index (χ1n) is 13.3. The van der Waals surface area contributed by atoms with E-state index in [-0.39, 0.29) is 0 Å². The van der Waals surface area contributed by atoms with Crippen LogP contribution in [0, 0.1) is 18.8 Å². The highest BCUT2D eigenvalue weighted by Gasteiger charge is 2.26. The molecular formula is C31H44N2. The van der Waals surface area contributed by atoms with Crippen LogP contribution in [0.1, 0.15) is 73.8 Å². The molecule has 2 aromatic carbocycles. The second-order valence-corrected chi connectivity index (χ2v) is 10.9. The molecular weight excluding hydrogens is 400 g/mol. The van der Waals surface area contributed by atoms with E-state index in [0.29, 0.717) is 11.8 Å². The highest BCUT2D eigenvalue weighted by molar-refractivity contribution is 5.39. The SMILES string of the molecule is C=C([C@@H]1CCCN(Cc2ccccc2)C1)N(Cc1cc(C)c2c(c1)CCCCC2)CC(C)C. The zero-order chi connectivity index (χ0) is 23.2. The minimum absolute atomic E-state index is 0.558. The molecule has 1 atom stereocenters. The maximum Gasteiger partial charge on any atom is 0.0426 e. The van der Waals surface area contributed by atoms with Gasteiger partial charge in [0, 0.05) is 37.8 Å². The van der Waals surface area contributed by atoms with Crippen LogP contribution in [-0.4, -0.2) is 29.4 Å². The molecule has 1 fully saturated rings. The average molecular weight is 445 g/mol. The highest BCUT2D eigenvalue weighted by atomic mass is 15.2. The summed E-state index contributed by atoms with van der Waals surface area (Å²) in [5.74, 6) is 1.19. The van der Waals surface area contributed by atoms with E-state index in [1.54, 1.807) is 11.1 Å². The molecule has 1 aliphatic carbocycles. The number of benzene rings is 2. The van der Waals surface area contributed by atoms with Crippen LogP contribution in [0.5, 0.6) is 0 Å². The lowest BCUT2D eigenvalue weighted by atomic mass is 9.92. The Hall–Kier alpha value is -2.06. The molecule has 0 unspecified atom stereocenters. The van der Waals surface area contributed by atoms with Gasteiger partial charge in [0.05, 0.1) is 0 Å². The quantitative estimate of drug-likeness (QED) is 0.399. The molecule has 0 radical (unpaired) electrons. The summed E-state index contributed by atoms with van der Waals surface area (Å²) in [6, 6.07) is 15.9. The largest absolute Gasteiger partial charge is 0.370 e. The summed E-state index contributed by atoms with van der Waals surface area (Å²) in [6.07, 6.45) is 9.13. The molecule has 1 heterocycles. The van der Waals surface area contributed by atoms with Crippen LogP contribution < -0.4 is 0 Å². The van der Waals surface area contributed by atoms with Crippen molar-refractivity contribution < 1.29 is 0 Å². The third kappa shape index (κ3) is 6.51. The summed E-state index contributed by atoms with van der Waals surface area (Å²) in [4.78, 5) is 5.24. The maximum atomic E-state index is 4.69. The Kier molecular flexibility index (Phi) is 8.30. The van der Waals surface area contributed by atoms with Crippen molar-refractivity contribution >= 4 is 0 Å². The molecule has 0 saturated carbocycles. The number of rotatable bonds is 8. The van der Waals surface area contributed by atoms with Crippen molar-refractivity contribution in [2.45, 2.75) is 78.8 Å². The van der Waals surface area contributed by atoms with Crippen LogP contribution in [0.25, 0.3) is 0 Å². The Labute approximate surface area is 202 Å². The standard InChI is InChI=1S/C31H44N2/c1-24(2)20-33(22-28-18-25(3)31-16-10-6-9-14-29(31)19-28)26(4)30-15-11-17-32(23-30)21-27-12-7-5-8-13-27/h5,7-8,12-13,18-19,24,30H,4,6,9-11,14-17,20-23H2,1-3H3/t30-/m1/s1. The average Bonchev–Trinajstić information content (AvgIpc) is 3.05. The van der Waals surface area contributed by atoms with Gasteiger partial charge < -0.3 is 4.90 Å². The predicted octanol–water partition coefficient (Wildman–Crippen LogP) is 7.15. The van der Waals surface area contributed by atoms with E-state index in [4.69, 9.17) is 6.58 Å². The van der Waals surface area contributed by atoms with Crippen molar-refractivity contribution in [1.29, 1.82) is 0 Å². The molecule has 33 heavy (non-hydrogen) atoms. The summed E-state index contributed by atoms with van der Waals surface area (Å²) in [5.41, 5.74) is 9.01. The van der Waals surface area contributed by atoms with Crippen LogP contribution in [0.15, 0.2) is 54.7 Å². The number of likely N-dealkylation sites (tertiary alicyclic amines) is 1. The van der Waals surface area contributed by atoms with Gasteiger partial charge in [-0.3, -0.25) is 4.90 Å². The number of hydrogen-bond acceptors (Lipinski definition) is 2. The molecule has 2 aromatic rings. The molecule has 4 rings (SSSR count). The van der Waals surface area contributed by atoms with E-state index >= 15 is 0 Å². The number of nitrogens with zero attached hydrogens (tertiary/aromatic N) is 2. The topological polar surface area (TPSA) is 6.48 Å². The van der Waals surface area contributed by atoms with E-state index in [2.05, 4.69) is 73.0 Å². The minimum atomic E-state index is 0.558. The summed E-state index contributed by atoms with van der Waals surface area (Å²) in [5, 5.41) is 0. The van der Waals surface area contributed by atoms with Gasteiger partial charge in [0.15, 0.2) is 0 Å². The summed E-state index contributed by atoms with van der Waals surface area (Å²) >= 11 is 0. The molecule has 0 amide bonds. The molecule has 178 valence electrons. The molecule has 0 N–H and O–H groups in total. The summed E-state index contributed by atoms with van der Waals surface area (Å²) in [6.45, 7) is 17.2. The fraction of sp³-hybridized carbons (Fsp3) is 0.548. The lowest BCUT2D eigenvalue weighted by Crippen LogP contribution is -2.39. The Morgan fingerprint density at radius 3 is 2.61 bits per heavy atom. The third-order valence-electron chi connectivity index (χ3n) is 7.59. The predicted molar refractivity (Wildman–Crippen MR) is 141 cm³/mol. The fourth-order valence-electron chi connectivity index (χ4n) is 5.95. The Balaban J connectivity index is 1.47. The van der Waals surface area contributed by atoms with Crippen LogP contribution >= 0.6 is 0 Å². The second-order valence-electron chi connectivity index (χ2n) is 10.9. The number of hydrogen-bond donors (Lipinski definition) is 0. The molecule has 0 bridgehead atoms. The van der Waals surface area contributed by atoms with E-state index in [9.17, 15) is 0 Å². The normalized spacial score (nSPS) is 19.2. The number of aryl methyl sites for hydroxylation is 2. The van der Waals surface area contributed by atoms with Gasteiger partial charge >= 0.3 is 0 Å². The van der Waals surface area contributed by atoms with Crippen molar-refractivity contribution in [3.05, 3.63) is 82.6 Å². The molecule has 1 aliphatic heterocycles. The van der Waals surface area contributed by atoms with Gasteiger partial charge in [0.2, 0.25) is 0 Å². The van der Waals surface area contributed by atoms with Gasteiger partial charge in [-0.05, 0) is 85.7 Å². The molecule has 0 aromatic heterocycles. The maximum absolute atomic E-state index is 4.69. The van der Waals surface area contributed by atoms with Crippen LogP contribution in [-0.2, 0) is 25.9 Å². The van der Waals surface area contributed by atoms with Gasteiger partial charge in [0.25, 0.3) is 0 Å². The van der Waals surface area contributed by atoms with E-state index < -0.39 is 0 Å². The van der Waals surface area contributed by atoms with Crippen molar-refractivity contribution in [1.82, 2.24) is 9.80 Å². The summed E-state index contributed by atoms with van der Waals surface area (Å²) in [7, 11) is 0. The van der Waals surface area contributed by atoms with Crippen LogP contribution in [0.3, 0.4) is 0 Å². The summed E-state index contributed by atoms with van der Waals surface area (Å²) < 4.78 is 0. The lowest BCUT2D eigenvalue weighted by molar-refractivity contribution is 0.155. The second kappa shape index (κ2) is 11.4. The minimum Gasteiger partial charge on any atom is -0.370 e. The monoisotopic (exact) mass is 444 g/mol. The van der Waals surface area contributed by atoms with Crippen molar-refractivity contribution in [3.63, 3.8) is 0 Å². The number of fused-ring (bicyclic) bond motifs is 1. The Bertz CT molecular complexity index is 914. The Morgan fingerprint density at radius 2 is 1.82 bits per heavy atom. The van der Waals surface area contributed by atoms with Gasteiger partial charge in [0.1, 0.15) is 0 Å². The molecule has 0 spiro atoms.